The first kappa shape index (κ1) is 16.3. The first-order chi connectivity index (χ1) is 10.1. The summed E-state index contributed by atoms with van der Waals surface area (Å²) < 4.78 is 0. The maximum atomic E-state index is 2.65. The maximum absolute atomic E-state index is 2.65. The molecule has 0 bridgehead atoms. The zero-order chi connectivity index (χ0) is 14.7. The van der Waals surface area contributed by atoms with E-state index in [1.54, 1.807) is 5.57 Å². The van der Waals surface area contributed by atoms with Crippen molar-refractivity contribution in [3.05, 3.63) is 23.8 Å². The highest BCUT2D eigenvalue weighted by Crippen LogP contribution is 2.66. The predicted molar refractivity (Wildman–Crippen MR) is 92.1 cm³/mol. The summed E-state index contributed by atoms with van der Waals surface area (Å²) in [5.41, 5.74) is 2.86. The number of hydrogen-bond donors (Lipinski definition) is 0. The fourth-order valence-corrected chi connectivity index (χ4v) is 7.12. The highest BCUT2D eigenvalue weighted by Gasteiger charge is 2.57. The fraction of sp³-hybridized carbons (Fsp3) is 0.810. The Balaban J connectivity index is 0.00000144. The summed E-state index contributed by atoms with van der Waals surface area (Å²) in [4.78, 5) is 0. The summed E-state index contributed by atoms with van der Waals surface area (Å²) in [5, 5.41) is 0. The van der Waals surface area contributed by atoms with Gasteiger partial charge in [-0.3, -0.25) is 0 Å². The molecule has 0 heterocycles. The molecule has 0 aromatic heterocycles. The molecule has 0 aliphatic heterocycles. The molecular weight excluding hydrogens is 266 g/mol. The molecule has 0 aromatic rings. The van der Waals surface area contributed by atoms with Gasteiger partial charge in [0.1, 0.15) is 0 Å². The Morgan fingerprint density at radius 3 is 2.68 bits per heavy atom. The average molecular weight is 298 g/mol. The summed E-state index contributed by atoms with van der Waals surface area (Å²) in [7, 11) is 0. The van der Waals surface area contributed by atoms with Crippen molar-refractivity contribution in [2.75, 3.05) is 0 Å². The van der Waals surface area contributed by atoms with Gasteiger partial charge in [-0.1, -0.05) is 51.0 Å². The molecule has 0 amide bonds. The second kappa shape index (κ2) is 5.51. The van der Waals surface area contributed by atoms with Crippen molar-refractivity contribution in [3.8, 4) is 0 Å². The minimum absolute atomic E-state index is 0. The molecule has 4 aliphatic rings. The Kier molecular flexibility index (Phi) is 4.08. The molecule has 3 fully saturated rings. The van der Waals surface area contributed by atoms with Crippen LogP contribution < -0.4 is 6.15 Å². The van der Waals surface area contributed by atoms with Gasteiger partial charge in [0, 0.05) is 11.6 Å². The van der Waals surface area contributed by atoms with Crippen LogP contribution in [0.4, 0.5) is 0 Å². The molecule has 4 rings (SSSR count). The Morgan fingerprint density at radius 2 is 1.91 bits per heavy atom. The first-order valence-electron chi connectivity index (χ1n) is 9.47. The zero-order valence-corrected chi connectivity index (χ0v) is 14.6. The standard InChI is InChI=1S/C21H32.N/c1-4-15-9-11-18-17-10-8-16-7-5-6-13-20(16,2)19(17)12-14-21(15,18)3;/h6-7,13,15,17-19H,4-5,8-12,14H2,1-3H3;/t15-,17-,18-,19-,20-,21+;/m0./s1. The third-order valence-corrected chi connectivity index (χ3v) is 8.30. The van der Waals surface area contributed by atoms with Gasteiger partial charge in [0.25, 0.3) is 0 Å². The molecule has 1 nitrogen and oxygen atoms in total. The molecule has 0 unspecified atom stereocenters. The van der Waals surface area contributed by atoms with E-state index >= 15 is 0 Å². The molecule has 121 valence electrons. The highest BCUT2D eigenvalue weighted by molar-refractivity contribution is 5.31. The average Bonchev–Trinajstić information content (AvgIpc) is 2.83. The summed E-state index contributed by atoms with van der Waals surface area (Å²) in [6.07, 6.45) is 19.0. The van der Waals surface area contributed by atoms with E-state index in [-0.39, 0.29) is 6.15 Å². The van der Waals surface area contributed by atoms with E-state index in [2.05, 4.69) is 39.0 Å². The largest absolute Gasteiger partial charge is 0.0839 e. The second-order valence-corrected chi connectivity index (χ2v) is 8.79. The Bertz CT molecular complexity index is 490. The van der Waals surface area contributed by atoms with Gasteiger partial charge >= 0.3 is 0 Å². The minimum Gasteiger partial charge on any atom is -0.0839 e. The molecule has 0 spiro atoms. The fourth-order valence-electron chi connectivity index (χ4n) is 7.12. The topological polar surface area (TPSA) is 30.5 Å². The molecule has 3 radical (unpaired) electrons. The van der Waals surface area contributed by atoms with Gasteiger partial charge in [-0.2, -0.15) is 0 Å². The lowest BCUT2D eigenvalue weighted by Gasteiger charge is -2.57. The molecule has 3 saturated carbocycles. The van der Waals surface area contributed by atoms with E-state index in [1.165, 1.54) is 51.4 Å². The van der Waals surface area contributed by atoms with Crippen molar-refractivity contribution in [1.29, 1.82) is 0 Å². The van der Waals surface area contributed by atoms with E-state index in [1.807, 2.05) is 0 Å². The van der Waals surface area contributed by atoms with Gasteiger partial charge in [0.15, 0.2) is 0 Å². The van der Waals surface area contributed by atoms with Crippen molar-refractivity contribution in [2.24, 2.45) is 34.5 Å². The van der Waals surface area contributed by atoms with Crippen molar-refractivity contribution in [3.63, 3.8) is 0 Å². The van der Waals surface area contributed by atoms with Gasteiger partial charge in [0.05, 0.1) is 0 Å². The lowest BCUT2D eigenvalue weighted by Crippen LogP contribution is -2.49. The van der Waals surface area contributed by atoms with Gasteiger partial charge in [-0.15, -0.1) is 0 Å². The van der Waals surface area contributed by atoms with Crippen LogP contribution in [0.1, 0.15) is 72.1 Å². The van der Waals surface area contributed by atoms with Crippen molar-refractivity contribution >= 4 is 0 Å². The Hall–Kier alpha value is -0.560. The Morgan fingerprint density at radius 1 is 1.09 bits per heavy atom. The smallest absolute Gasteiger partial charge is 0.00936 e. The van der Waals surface area contributed by atoms with Crippen LogP contribution in [0.5, 0.6) is 0 Å². The minimum atomic E-state index is 0. The van der Waals surface area contributed by atoms with Crippen LogP contribution in [0.15, 0.2) is 23.8 Å². The monoisotopic (exact) mass is 298 g/mol. The first-order valence-corrected chi connectivity index (χ1v) is 9.47. The molecule has 1 heteroatoms. The Labute approximate surface area is 137 Å². The van der Waals surface area contributed by atoms with Crippen LogP contribution in [-0.4, -0.2) is 0 Å². The van der Waals surface area contributed by atoms with Crippen LogP contribution in [0.2, 0.25) is 0 Å². The van der Waals surface area contributed by atoms with Crippen LogP contribution in [0.3, 0.4) is 0 Å². The van der Waals surface area contributed by atoms with Gasteiger partial charge in [-0.25, -0.2) is 0 Å². The maximum Gasteiger partial charge on any atom is 0.00936 e. The van der Waals surface area contributed by atoms with Gasteiger partial charge < -0.3 is 0 Å². The second-order valence-electron chi connectivity index (χ2n) is 8.79. The van der Waals surface area contributed by atoms with E-state index in [0.717, 1.165) is 23.7 Å². The van der Waals surface area contributed by atoms with Crippen LogP contribution >= 0.6 is 0 Å². The lowest BCUT2D eigenvalue weighted by molar-refractivity contribution is -0.0341. The normalized spacial score (nSPS) is 49.5. The van der Waals surface area contributed by atoms with Crippen LogP contribution in [-0.2, 0) is 0 Å². The third-order valence-electron chi connectivity index (χ3n) is 8.30. The molecule has 0 aromatic carbocycles. The number of nitrogens with zero attached hydrogens (tertiary/aromatic N) is 1. The van der Waals surface area contributed by atoms with E-state index in [4.69, 9.17) is 0 Å². The number of rotatable bonds is 1. The molecule has 0 saturated heterocycles. The highest BCUT2D eigenvalue weighted by atomic mass is 14.6. The zero-order valence-electron chi connectivity index (χ0n) is 14.6. The summed E-state index contributed by atoms with van der Waals surface area (Å²) in [6, 6.07) is 0. The molecular formula is C21H32N. The van der Waals surface area contributed by atoms with E-state index in [9.17, 15) is 0 Å². The molecule has 22 heavy (non-hydrogen) atoms. The summed E-state index contributed by atoms with van der Waals surface area (Å²) in [5.74, 6) is 3.97. The van der Waals surface area contributed by atoms with Crippen molar-refractivity contribution < 1.29 is 0 Å². The molecule has 0 N–H and O–H groups in total. The quantitative estimate of drug-likeness (QED) is 0.559. The number of hydrogen-bond acceptors (Lipinski definition) is 0. The summed E-state index contributed by atoms with van der Waals surface area (Å²) in [6.45, 7) is 7.64. The number of allylic oxidation sites excluding steroid dienone is 4. The van der Waals surface area contributed by atoms with Crippen molar-refractivity contribution in [1.82, 2.24) is 6.15 Å². The molecule has 4 aliphatic carbocycles. The van der Waals surface area contributed by atoms with E-state index in [0.29, 0.717) is 10.8 Å². The summed E-state index contributed by atoms with van der Waals surface area (Å²) >= 11 is 0. The van der Waals surface area contributed by atoms with Gasteiger partial charge in [-0.05, 0) is 74.0 Å². The third kappa shape index (κ3) is 2.00. The predicted octanol–water partition coefficient (Wildman–Crippen LogP) is 5.66. The lowest BCUT2D eigenvalue weighted by atomic mass is 9.48. The van der Waals surface area contributed by atoms with Gasteiger partial charge in [0.2, 0.25) is 0 Å². The number of fused-ring (bicyclic) bond motifs is 5. The molecule has 6 atom stereocenters. The van der Waals surface area contributed by atoms with Crippen LogP contribution in [0.25, 0.3) is 0 Å². The van der Waals surface area contributed by atoms with E-state index < -0.39 is 0 Å². The van der Waals surface area contributed by atoms with Crippen LogP contribution in [0, 0.1) is 34.5 Å². The SMILES string of the molecule is CC[C@H]1CC[C@H]2[C@@H]3CCC4=CCC=C[C@]4(C)[C@H]3CC[C@]12C.[N]. The van der Waals surface area contributed by atoms with Crippen molar-refractivity contribution in [2.45, 2.75) is 72.1 Å².